The van der Waals surface area contributed by atoms with Gasteiger partial charge in [-0.2, -0.15) is 0 Å². The maximum atomic E-state index is 12.2. The molecule has 4 atom stereocenters. The van der Waals surface area contributed by atoms with Crippen molar-refractivity contribution >= 4 is 17.5 Å². The molecule has 0 bridgehead atoms. The first-order valence-electron chi connectivity index (χ1n) is 7.64. The summed E-state index contributed by atoms with van der Waals surface area (Å²) in [6, 6.07) is 0. The van der Waals surface area contributed by atoms with Gasteiger partial charge >= 0.3 is 5.97 Å². The molecule has 0 amide bonds. The molecule has 5 heteroatoms. The van der Waals surface area contributed by atoms with Gasteiger partial charge in [0.1, 0.15) is 11.6 Å². The summed E-state index contributed by atoms with van der Waals surface area (Å²) >= 11 is 0. The first kappa shape index (κ1) is 16.1. The van der Waals surface area contributed by atoms with E-state index in [9.17, 15) is 19.5 Å². The van der Waals surface area contributed by atoms with E-state index in [1.165, 1.54) is 6.92 Å². The van der Waals surface area contributed by atoms with Gasteiger partial charge in [-0.25, -0.2) is 0 Å². The monoisotopic (exact) mass is 296 g/mol. The van der Waals surface area contributed by atoms with Gasteiger partial charge < -0.3 is 9.84 Å². The summed E-state index contributed by atoms with van der Waals surface area (Å²) in [5, 5.41) is 11.0. The molecule has 21 heavy (non-hydrogen) atoms. The van der Waals surface area contributed by atoms with E-state index in [0.29, 0.717) is 12.8 Å². The van der Waals surface area contributed by atoms with Crippen LogP contribution in [0.5, 0.6) is 0 Å². The molecule has 2 saturated carbocycles. The summed E-state index contributed by atoms with van der Waals surface area (Å²) in [6.07, 6.45) is 1.63. The fourth-order valence-electron chi connectivity index (χ4n) is 4.01. The molecule has 2 aliphatic carbocycles. The lowest BCUT2D eigenvalue weighted by atomic mass is 9.50. The molecule has 118 valence electrons. The van der Waals surface area contributed by atoms with Gasteiger partial charge in [0.2, 0.25) is 0 Å². The Morgan fingerprint density at radius 2 is 2.10 bits per heavy atom. The van der Waals surface area contributed by atoms with E-state index in [1.807, 2.05) is 6.92 Å². The van der Waals surface area contributed by atoms with E-state index in [-0.39, 0.29) is 43.4 Å². The van der Waals surface area contributed by atoms with Crippen LogP contribution in [0.25, 0.3) is 0 Å². The van der Waals surface area contributed by atoms with Crippen LogP contribution in [-0.4, -0.2) is 34.9 Å². The highest BCUT2D eigenvalue weighted by atomic mass is 16.5. The topological polar surface area (TPSA) is 80.7 Å². The molecule has 0 aliphatic heterocycles. The Kier molecular flexibility index (Phi) is 4.24. The zero-order valence-electron chi connectivity index (χ0n) is 13.0. The number of ketones is 2. The predicted octanol–water partition coefficient (Wildman–Crippen LogP) is 1.66. The third-order valence-corrected chi connectivity index (χ3v) is 5.50. The van der Waals surface area contributed by atoms with Gasteiger partial charge in [0.05, 0.1) is 18.1 Å². The summed E-state index contributed by atoms with van der Waals surface area (Å²) in [5.41, 5.74) is -1.98. The van der Waals surface area contributed by atoms with E-state index in [0.717, 1.165) is 0 Å². The van der Waals surface area contributed by atoms with Crippen LogP contribution < -0.4 is 0 Å². The quantitative estimate of drug-likeness (QED) is 0.801. The Hall–Kier alpha value is -1.23. The zero-order chi connectivity index (χ0) is 15.8. The van der Waals surface area contributed by atoms with Crippen molar-refractivity contribution in [1.82, 2.24) is 0 Å². The van der Waals surface area contributed by atoms with Crippen molar-refractivity contribution in [3.8, 4) is 0 Å². The highest BCUT2D eigenvalue weighted by Gasteiger charge is 2.61. The van der Waals surface area contributed by atoms with E-state index >= 15 is 0 Å². The average molecular weight is 296 g/mol. The van der Waals surface area contributed by atoms with E-state index in [4.69, 9.17) is 4.74 Å². The maximum absolute atomic E-state index is 12.2. The van der Waals surface area contributed by atoms with E-state index in [2.05, 4.69) is 0 Å². The van der Waals surface area contributed by atoms with Gasteiger partial charge in [0, 0.05) is 24.2 Å². The maximum Gasteiger partial charge on any atom is 0.310 e. The smallest absolute Gasteiger partial charge is 0.310 e. The molecule has 2 fully saturated rings. The van der Waals surface area contributed by atoms with Crippen molar-refractivity contribution in [2.45, 2.75) is 58.5 Å². The SMILES string of the molecule is CCOC(=O)C1CC(=O)CC2(O)CC(C(C)=O)CCC12C. The Morgan fingerprint density at radius 1 is 1.43 bits per heavy atom. The van der Waals surface area contributed by atoms with Crippen molar-refractivity contribution in [3.05, 3.63) is 0 Å². The fourth-order valence-corrected chi connectivity index (χ4v) is 4.01. The first-order valence-corrected chi connectivity index (χ1v) is 7.64. The zero-order valence-corrected chi connectivity index (χ0v) is 13.0. The summed E-state index contributed by atoms with van der Waals surface area (Å²) in [7, 11) is 0. The number of carbonyl (C=O) groups is 3. The lowest BCUT2D eigenvalue weighted by Crippen LogP contribution is -2.61. The van der Waals surface area contributed by atoms with Gasteiger partial charge in [-0.05, 0) is 33.1 Å². The van der Waals surface area contributed by atoms with Crippen LogP contribution in [0.1, 0.15) is 52.9 Å². The molecule has 4 unspecified atom stereocenters. The molecule has 5 nitrogen and oxygen atoms in total. The number of ether oxygens (including phenoxy) is 1. The van der Waals surface area contributed by atoms with Crippen LogP contribution >= 0.6 is 0 Å². The normalized spacial score (nSPS) is 39.5. The third-order valence-electron chi connectivity index (χ3n) is 5.50. The number of carbonyl (C=O) groups excluding carboxylic acids is 3. The van der Waals surface area contributed by atoms with Crippen molar-refractivity contribution < 1.29 is 24.2 Å². The molecule has 2 aliphatic rings. The minimum atomic E-state index is -1.28. The molecule has 0 radical (unpaired) electrons. The second-order valence-corrected chi connectivity index (χ2v) is 6.72. The van der Waals surface area contributed by atoms with E-state index < -0.39 is 22.9 Å². The van der Waals surface area contributed by atoms with Crippen molar-refractivity contribution in [2.24, 2.45) is 17.3 Å². The Balaban J connectivity index is 2.34. The highest BCUT2D eigenvalue weighted by molar-refractivity contribution is 5.88. The van der Waals surface area contributed by atoms with Gasteiger partial charge in [-0.1, -0.05) is 6.92 Å². The number of aliphatic hydroxyl groups is 1. The molecule has 0 aromatic heterocycles. The van der Waals surface area contributed by atoms with Crippen molar-refractivity contribution in [1.29, 1.82) is 0 Å². The Bertz CT molecular complexity index is 471. The Morgan fingerprint density at radius 3 is 2.67 bits per heavy atom. The highest BCUT2D eigenvalue weighted by Crippen LogP contribution is 2.56. The molecule has 0 heterocycles. The lowest BCUT2D eigenvalue weighted by molar-refractivity contribution is -0.195. The van der Waals surface area contributed by atoms with Crippen molar-refractivity contribution in [2.75, 3.05) is 6.61 Å². The second-order valence-electron chi connectivity index (χ2n) is 6.72. The standard InChI is InChI=1S/C16H24O5/c1-4-21-14(19)13-7-12(18)9-16(20)8-11(10(2)17)5-6-15(13,16)3/h11,13,20H,4-9H2,1-3H3. The van der Waals surface area contributed by atoms with Crippen LogP contribution in [0.4, 0.5) is 0 Å². The predicted molar refractivity (Wildman–Crippen MR) is 75.4 cm³/mol. The molecule has 1 N–H and O–H groups in total. The van der Waals surface area contributed by atoms with Crippen LogP contribution in [0.15, 0.2) is 0 Å². The average Bonchev–Trinajstić information content (AvgIpc) is 2.38. The third kappa shape index (κ3) is 2.63. The van der Waals surface area contributed by atoms with Gasteiger partial charge in [0.15, 0.2) is 0 Å². The Labute approximate surface area is 125 Å². The number of hydrogen-bond donors (Lipinski definition) is 1. The summed E-state index contributed by atoms with van der Waals surface area (Å²) < 4.78 is 5.09. The largest absolute Gasteiger partial charge is 0.466 e. The minimum Gasteiger partial charge on any atom is -0.466 e. The molecule has 0 spiro atoms. The molecule has 0 aromatic rings. The summed E-state index contributed by atoms with van der Waals surface area (Å²) in [6.45, 7) is 5.36. The molecule has 2 rings (SSSR count). The van der Waals surface area contributed by atoms with Gasteiger partial charge in [-0.15, -0.1) is 0 Å². The molecule has 0 saturated heterocycles. The molecular weight excluding hydrogens is 272 g/mol. The summed E-state index contributed by atoms with van der Waals surface area (Å²) in [5.74, 6) is -1.34. The van der Waals surface area contributed by atoms with Crippen LogP contribution in [-0.2, 0) is 19.1 Å². The number of fused-ring (bicyclic) bond motifs is 1. The minimum absolute atomic E-state index is 0.0309. The first-order chi connectivity index (χ1) is 9.73. The second kappa shape index (κ2) is 5.52. The van der Waals surface area contributed by atoms with E-state index in [1.54, 1.807) is 6.92 Å². The van der Waals surface area contributed by atoms with Gasteiger partial charge in [-0.3, -0.25) is 14.4 Å². The van der Waals surface area contributed by atoms with Crippen LogP contribution in [0.2, 0.25) is 0 Å². The van der Waals surface area contributed by atoms with Crippen LogP contribution in [0, 0.1) is 17.3 Å². The molecule has 0 aromatic carbocycles. The van der Waals surface area contributed by atoms with Crippen LogP contribution in [0.3, 0.4) is 0 Å². The number of Topliss-reactive ketones (excluding diaryl/α,β-unsaturated/α-hetero) is 2. The molecular formula is C16H24O5. The fraction of sp³-hybridized carbons (Fsp3) is 0.812. The number of rotatable bonds is 3. The van der Waals surface area contributed by atoms with Crippen molar-refractivity contribution in [3.63, 3.8) is 0 Å². The number of esters is 1. The lowest BCUT2D eigenvalue weighted by Gasteiger charge is -2.55. The summed E-state index contributed by atoms with van der Waals surface area (Å²) in [4.78, 5) is 35.8. The van der Waals surface area contributed by atoms with Gasteiger partial charge in [0.25, 0.3) is 0 Å². The number of hydrogen-bond acceptors (Lipinski definition) is 5.